The molecule has 0 aliphatic heterocycles. The number of amides is 2. The highest BCUT2D eigenvalue weighted by molar-refractivity contribution is 5.92. The Kier molecular flexibility index (Phi) is 7.17. The Hall–Kier alpha value is -3.35. The number of ether oxygens (including phenoxy) is 2. The molecule has 0 radical (unpaired) electrons. The smallest absolute Gasteiger partial charge is 0.338 e. The van der Waals surface area contributed by atoms with Crippen LogP contribution in [-0.2, 0) is 20.9 Å². The lowest BCUT2D eigenvalue weighted by molar-refractivity contribution is -0.127. The number of hydrogen-bond acceptors (Lipinski definition) is 5. The molecule has 7 nitrogen and oxygen atoms in total. The number of rotatable bonds is 8. The van der Waals surface area contributed by atoms with Crippen LogP contribution in [0.2, 0.25) is 0 Å². The van der Waals surface area contributed by atoms with Crippen molar-refractivity contribution in [2.45, 2.75) is 6.61 Å². The Morgan fingerprint density at radius 2 is 1.62 bits per heavy atom. The molecule has 0 spiro atoms. The minimum atomic E-state index is -0.630. The van der Waals surface area contributed by atoms with Crippen LogP contribution < -0.4 is 15.4 Å². The summed E-state index contributed by atoms with van der Waals surface area (Å²) in [7, 11) is 1.46. The van der Waals surface area contributed by atoms with E-state index in [1.54, 1.807) is 24.3 Å². The molecular weight excluding hydrogens is 336 g/mol. The molecule has 2 amide bonds. The maximum absolute atomic E-state index is 11.9. The van der Waals surface area contributed by atoms with Crippen LogP contribution in [-0.4, -0.2) is 38.0 Å². The molecule has 0 fully saturated rings. The third-order valence-corrected chi connectivity index (χ3v) is 3.40. The molecule has 7 heteroatoms. The molecular formula is C19H20N2O5. The summed E-state index contributed by atoms with van der Waals surface area (Å²) in [6.45, 7) is -0.196. The molecule has 2 aromatic rings. The third kappa shape index (κ3) is 6.27. The predicted molar refractivity (Wildman–Crippen MR) is 94.6 cm³/mol. The molecule has 2 aromatic carbocycles. The van der Waals surface area contributed by atoms with Gasteiger partial charge in [0.25, 0.3) is 5.91 Å². The number of esters is 1. The molecule has 2 rings (SSSR count). The molecule has 0 unspecified atom stereocenters. The van der Waals surface area contributed by atoms with Gasteiger partial charge in [-0.05, 0) is 29.8 Å². The molecule has 0 bridgehead atoms. The Bertz CT molecular complexity index is 744. The SMILES string of the molecule is CNC(=O)CNC(=O)COC(=O)c1ccc(OCc2ccccc2)cc1. The summed E-state index contributed by atoms with van der Waals surface area (Å²) >= 11 is 0. The van der Waals surface area contributed by atoms with Gasteiger partial charge in [0.1, 0.15) is 12.4 Å². The molecule has 2 N–H and O–H groups in total. The van der Waals surface area contributed by atoms with E-state index in [2.05, 4.69) is 10.6 Å². The fraction of sp³-hybridized carbons (Fsp3) is 0.211. The van der Waals surface area contributed by atoms with Gasteiger partial charge in [-0.3, -0.25) is 9.59 Å². The highest BCUT2D eigenvalue weighted by Crippen LogP contribution is 2.14. The van der Waals surface area contributed by atoms with Crippen molar-refractivity contribution in [1.29, 1.82) is 0 Å². The fourth-order valence-corrected chi connectivity index (χ4v) is 1.96. The molecule has 26 heavy (non-hydrogen) atoms. The first kappa shape index (κ1) is 19.0. The van der Waals surface area contributed by atoms with Crippen molar-refractivity contribution in [2.24, 2.45) is 0 Å². The molecule has 0 heterocycles. The Balaban J connectivity index is 1.77. The predicted octanol–water partition coefficient (Wildman–Crippen LogP) is 1.28. The quantitative estimate of drug-likeness (QED) is 0.695. The van der Waals surface area contributed by atoms with Gasteiger partial charge in [-0.1, -0.05) is 30.3 Å². The van der Waals surface area contributed by atoms with Crippen LogP contribution in [0.3, 0.4) is 0 Å². The number of hydrogen-bond donors (Lipinski definition) is 2. The molecule has 0 aromatic heterocycles. The average Bonchev–Trinajstić information content (AvgIpc) is 2.69. The van der Waals surface area contributed by atoms with E-state index < -0.39 is 18.5 Å². The summed E-state index contributed by atoms with van der Waals surface area (Å²) in [4.78, 5) is 34.4. The largest absolute Gasteiger partial charge is 0.489 e. The minimum Gasteiger partial charge on any atom is -0.489 e. The van der Waals surface area contributed by atoms with E-state index in [1.165, 1.54) is 7.05 Å². The topological polar surface area (TPSA) is 93.7 Å². The monoisotopic (exact) mass is 356 g/mol. The highest BCUT2D eigenvalue weighted by atomic mass is 16.5. The zero-order chi connectivity index (χ0) is 18.8. The van der Waals surface area contributed by atoms with Gasteiger partial charge in [-0.25, -0.2) is 4.79 Å². The summed E-state index contributed by atoms with van der Waals surface area (Å²) < 4.78 is 10.5. The van der Waals surface area contributed by atoms with Crippen LogP contribution in [0, 0.1) is 0 Å². The van der Waals surface area contributed by atoms with Gasteiger partial charge in [0, 0.05) is 7.05 Å². The van der Waals surface area contributed by atoms with Crippen LogP contribution in [0.5, 0.6) is 5.75 Å². The molecule has 0 aliphatic rings. The summed E-state index contributed by atoms with van der Waals surface area (Å²) in [5.74, 6) is -0.899. The third-order valence-electron chi connectivity index (χ3n) is 3.40. The van der Waals surface area contributed by atoms with Gasteiger partial charge in [-0.2, -0.15) is 0 Å². The Labute approximate surface area is 151 Å². The first-order valence-corrected chi connectivity index (χ1v) is 7.99. The van der Waals surface area contributed by atoms with Gasteiger partial charge >= 0.3 is 5.97 Å². The number of likely N-dealkylation sites (N-methyl/N-ethyl adjacent to an activating group) is 1. The van der Waals surface area contributed by atoms with E-state index in [0.717, 1.165) is 5.56 Å². The number of carbonyl (C=O) groups is 3. The van der Waals surface area contributed by atoms with E-state index in [0.29, 0.717) is 17.9 Å². The van der Waals surface area contributed by atoms with Crippen molar-refractivity contribution in [1.82, 2.24) is 10.6 Å². The van der Waals surface area contributed by atoms with Crippen molar-refractivity contribution in [3.8, 4) is 5.75 Å². The van der Waals surface area contributed by atoms with Crippen molar-refractivity contribution >= 4 is 17.8 Å². The highest BCUT2D eigenvalue weighted by Gasteiger charge is 2.11. The first-order chi connectivity index (χ1) is 12.6. The van der Waals surface area contributed by atoms with E-state index in [-0.39, 0.29) is 12.5 Å². The summed E-state index contributed by atoms with van der Waals surface area (Å²) in [5.41, 5.74) is 1.34. The zero-order valence-electron chi connectivity index (χ0n) is 14.4. The van der Waals surface area contributed by atoms with Crippen LogP contribution in [0.15, 0.2) is 54.6 Å². The van der Waals surface area contributed by atoms with Gasteiger partial charge in [0.15, 0.2) is 6.61 Å². The van der Waals surface area contributed by atoms with Gasteiger partial charge in [0.05, 0.1) is 12.1 Å². The number of benzene rings is 2. The molecule has 136 valence electrons. The van der Waals surface area contributed by atoms with Crippen LogP contribution in [0.25, 0.3) is 0 Å². The Morgan fingerprint density at radius 3 is 2.27 bits per heavy atom. The van der Waals surface area contributed by atoms with Gasteiger partial charge < -0.3 is 20.1 Å². The number of carbonyl (C=O) groups excluding carboxylic acids is 3. The molecule has 0 saturated heterocycles. The molecule has 0 aliphatic carbocycles. The second kappa shape index (κ2) is 9.83. The Morgan fingerprint density at radius 1 is 0.923 bits per heavy atom. The van der Waals surface area contributed by atoms with E-state index in [1.807, 2.05) is 30.3 Å². The number of nitrogens with one attached hydrogen (secondary N) is 2. The second-order valence-corrected chi connectivity index (χ2v) is 5.32. The van der Waals surface area contributed by atoms with Crippen LogP contribution in [0.1, 0.15) is 15.9 Å². The first-order valence-electron chi connectivity index (χ1n) is 7.99. The molecule has 0 atom stereocenters. The normalized spacial score (nSPS) is 9.88. The van der Waals surface area contributed by atoms with Crippen molar-refractivity contribution in [3.05, 3.63) is 65.7 Å². The average molecular weight is 356 g/mol. The van der Waals surface area contributed by atoms with Crippen molar-refractivity contribution < 1.29 is 23.9 Å². The fourth-order valence-electron chi connectivity index (χ4n) is 1.96. The molecule has 0 saturated carbocycles. The summed E-state index contributed by atoms with van der Waals surface area (Å²) in [5, 5.41) is 4.70. The summed E-state index contributed by atoms with van der Waals surface area (Å²) in [6, 6.07) is 16.2. The summed E-state index contributed by atoms with van der Waals surface area (Å²) in [6.07, 6.45) is 0. The standard InChI is InChI=1S/C19H20N2O5/c1-20-17(22)11-21-18(23)13-26-19(24)15-7-9-16(10-8-15)25-12-14-5-3-2-4-6-14/h2-10H,11-13H2,1H3,(H,20,22)(H,21,23). The zero-order valence-corrected chi connectivity index (χ0v) is 14.4. The maximum atomic E-state index is 11.9. The second-order valence-electron chi connectivity index (χ2n) is 5.32. The van der Waals surface area contributed by atoms with E-state index in [4.69, 9.17) is 9.47 Å². The van der Waals surface area contributed by atoms with Crippen LogP contribution >= 0.6 is 0 Å². The van der Waals surface area contributed by atoms with E-state index in [9.17, 15) is 14.4 Å². The maximum Gasteiger partial charge on any atom is 0.338 e. The minimum absolute atomic E-state index is 0.166. The lowest BCUT2D eigenvalue weighted by atomic mass is 10.2. The van der Waals surface area contributed by atoms with Crippen molar-refractivity contribution in [3.63, 3.8) is 0 Å². The van der Waals surface area contributed by atoms with Gasteiger partial charge in [0.2, 0.25) is 5.91 Å². The van der Waals surface area contributed by atoms with Crippen molar-refractivity contribution in [2.75, 3.05) is 20.2 Å². The lowest BCUT2D eigenvalue weighted by Gasteiger charge is -2.08. The van der Waals surface area contributed by atoms with Gasteiger partial charge in [-0.15, -0.1) is 0 Å². The lowest BCUT2D eigenvalue weighted by Crippen LogP contribution is -2.37. The van der Waals surface area contributed by atoms with Crippen LogP contribution in [0.4, 0.5) is 0 Å². The van der Waals surface area contributed by atoms with E-state index >= 15 is 0 Å².